The van der Waals surface area contributed by atoms with E-state index in [9.17, 15) is 0 Å². The number of methoxy groups -OCH3 is 1. The van der Waals surface area contributed by atoms with Crippen LogP contribution in [0, 0.1) is 0 Å². The van der Waals surface area contributed by atoms with E-state index in [0.29, 0.717) is 0 Å². The van der Waals surface area contributed by atoms with Crippen LogP contribution in [0.5, 0.6) is 5.75 Å². The molecule has 1 aliphatic heterocycles. The van der Waals surface area contributed by atoms with E-state index in [2.05, 4.69) is 51.2 Å². The van der Waals surface area contributed by atoms with Gasteiger partial charge in [-0.2, -0.15) is 0 Å². The van der Waals surface area contributed by atoms with E-state index in [1.165, 1.54) is 12.0 Å². The first kappa shape index (κ1) is 17.6. The van der Waals surface area contributed by atoms with Crippen LogP contribution in [0.25, 0.3) is 6.08 Å². The van der Waals surface area contributed by atoms with Crippen LogP contribution in [0.1, 0.15) is 17.7 Å². The summed E-state index contributed by atoms with van der Waals surface area (Å²) >= 11 is 0. The van der Waals surface area contributed by atoms with Crippen molar-refractivity contribution in [3.8, 4) is 5.75 Å². The van der Waals surface area contributed by atoms with Gasteiger partial charge < -0.3 is 4.74 Å². The lowest BCUT2D eigenvalue weighted by atomic mass is 10.2. The van der Waals surface area contributed by atoms with Crippen molar-refractivity contribution in [3.05, 3.63) is 66.0 Å². The maximum Gasteiger partial charge on any atom is 0.118 e. The number of pyridine rings is 1. The van der Waals surface area contributed by atoms with E-state index < -0.39 is 0 Å². The molecule has 1 aromatic heterocycles. The summed E-state index contributed by atoms with van der Waals surface area (Å²) < 4.78 is 5.19. The summed E-state index contributed by atoms with van der Waals surface area (Å²) in [5.74, 6) is 0.901. The third kappa shape index (κ3) is 5.69. The third-order valence-corrected chi connectivity index (χ3v) is 4.58. The summed E-state index contributed by atoms with van der Waals surface area (Å²) in [6.07, 6.45) is 7.54. The normalized spacial score (nSPS) is 16.8. The van der Waals surface area contributed by atoms with Gasteiger partial charge >= 0.3 is 0 Å². The van der Waals surface area contributed by atoms with Gasteiger partial charge in [-0.3, -0.25) is 14.8 Å². The minimum atomic E-state index is 0.901. The molecular formula is C21H27N3O. The molecule has 0 amide bonds. The Kier molecular flexibility index (Phi) is 6.60. The average molecular weight is 337 g/mol. The van der Waals surface area contributed by atoms with Crippen molar-refractivity contribution in [2.75, 3.05) is 39.8 Å². The Morgan fingerprint density at radius 3 is 2.56 bits per heavy atom. The van der Waals surface area contributed by atoms with Crippen LogP contribution in [-0.2, 0) is 6.54 Å². The first-order chi connectivity index (χ1) is 12.3. The summed E-state index contributed by atoms with van der Waals surface area (Å²) in [5, 5.41) is 0. The minimum Gasteiger partial charge on any atom is -0.497 e. The molecule has 1 fully saturated rings. The van der Waals surface area contributed by atoms with Crippen LogP contribution < -0.4 is 4.74 Å². The molecule has 1 aromatic carbocycles. The van der Waals surface area contributed by atoms with Crippen molar-refractivity contribution in [2.45, 2.75) is 13.0 Å². The fourth-order valence-corrected chi connectivity index (χ4v) is 3.14. The molecule has 0 saturated carbocycles. The molecule has 25 heavy (non-hydrogen) atoms. The van der Waals surface area contributed by atoms with Crippen molar-refractivity contribution in [1.82, 2.24) is 14.8 Å². The first-order valence-corrected chi connectivity index (χ1v) is 8.99. The van der Waals surface area contributed by atoms with E-state index in [-0.39, 0.29) is 0 Å². The summed E-state index contributed by atoms with van der Waals surface area (Å²) in [6.45, 7) is 6.48. The van der Waals surface area contributed by atoms with Crippen molar-refractivity contribution < 1.29 is 4.74 Å². The van der Waals surface area contributed by atoms with Crippen LogP contribution in [-0.4, -0.2) is 54.6 Å². The smallest absolute Gasteiger partial charge is 0.118 e. The second-order valence-corrected chi connectivity index (χ2v) is 6.43. The van der Waals surface area contributed by atoms with E-state index in [1.807, 2.05) is 24.4 Å². The van der Waals surface area contributed by atoms with Crippen LogP contribution in [0.15, 0.2) is 54.7 Å². The van der Waals surface area contributed by atoms with Crippen molar-refractivity contribution in [2.24, 2.45) is 0 Å². The van der Waals surface area contributed by atoms with Gasteiger partial charge in [0.05, 0.1) is 12.8 Å². The number of aromatic nitrogens is 1. The average Bonchev–Trinajstić information content (AvgIpc) is 2.88. The molecule has 0 aliphatic carbocycles. The van der Waals surface area contributed by atoms with Gasteiger partial charge in [-0.05, 0) is 49.3 Å². The Bertz CT molecular complexity index is 655. The zero-order valence-corrected chi connectivity index (χ0v) is 15.0. The van der Waals surface area contributed by atoms with E-state index in [1.54, 1.807) is 7.11 Å². The van der Waals surface area contributed by atoms with Gasteiger partial charge in [-0.1, -0.05) is 30.4 Å². The molecule has 132 valence electrons. The molecule has 0 atom stereocenters. The van der Waals surface area contributed by atoms with Gasteiger partial charge in [0.25, 0.3) is 0 Å². The third-order valence-electron chi connectivity index (χ3n) is 4.58. The van der Waals surface area contributed by atoms with Gasteiger partial charge in [0.2, 0.25) is 0 Å². The number of rotatable bonds is 6. The van der Waals surface area contributed by atoms with Gasteiger partial charge in [0.1, 0.15) is 5.75 Å². The van der Waals surface area contributed by atoms with E-state index in [4.69, 9.17) is 4.74 Å². The number of hydrogen-bond acceptors (Lipinski definition) is 4. The first-order valence-electron chi connectivity index (χ1n) is 8.99. The Morgan fingerprint density at radius 1 is 1.00 bits per heavy atom. The predicted octanol–water partition coefficient (Wildman–Crippen LogP) is 3.31. The molecule has 2 aromatic rings. The van der Waals surface area contributed by atoms with Crippen molar-refractivity contribution in [1.29, 1.82) is 0 Å². The monoisotopic (exact) mass is 337 g/mol. The lowest BCUT2D eigenvalue weighted by molar-refractivity contribution is 0.260. The SMILES string of the molecule is COc1ccc(/C=C/CN2CCCN(Cc3ccccn3)CC2)cc1. The van der Waals surface area contributed by atoms with Crippen molar-refractivity contribution >= 4 is 6.08 Å². The molecule has 0 N–H and O–H groups in total. The largest absolute Gasteiger partial charge is 0.497 e. The fourth-order valence-electron chi connectivity index (χ4n) is 3.14. The van der Waals surface area contributed by atoms with Crippen LogP contribution in [0.2, 0.25) is 0 Å². The second-order valence-electron chi connectivity index (χ2n) is 6.43. The lowest BCUT2D eigenvalue weighted by Crippen LogP contribution is -2.30. The number of ether oxygens (including phenoxy) is 1. The Morgan fingerprint density at radius 2 is 1.80 bits per heavy atom. The molecule has 4 nitrogen and oxygen atoms in total. The van der Waals surface area contributed by atoms with E-state index in [0.717, 1.165) is 50.7 Å². The highest BCUT2D eigenvalue weighted by molar-refractivity contribution is 5.50. The molecule has 2 heterocycles. The molecule has 1 aliphatic rings. The quantitative estimate of drug-likeness (QED) is 0.808. The summed E-state index contributed by atoms with van der Waals surface area (Å²) in [7, 11) is 1.70. The topological polar surface area (TPSA) is 28.6 Å². The highest BCUT2D eigenvalue weighted by Gasteiger charge is 2.14. The number of hydrogen-bond donors (Lipinski definition) is 0. The zero-order valence-electron chi connectivity index (χ0n) is 15.0. The molecule has 0 unspecified atom stereocenters. The lowest BCUT2D eigenvalue weighted by Gasteiger charge is -2.20. The molecular weight excluding hydrogens is 310 g/mol. The van der Waals surface area contributed by atoms with E-state index >= 15 is 0 Å². The minimum absolute atomic E-state index is 0.901. The maximum atomic E-state index is 5.19. The molecule has 0 radical (unpaired) electrons. The fraction of sp³-hybridized carbons (Fsp3) is 0.381. The van der Waals surface area contributed by atoms with Gasteiger partial charge in [-0.25, -0.2) is 0 Å². The molecule has 3 rings (SSSR count). The Labute approximate surface area is 150 Å². The maximum absolute atomic E-state index is 5.19. The zero-order chi connectivity index (χ0) is 17.3. The summed E-state index contributed by atoms with van der Waals surface area (Å²) in [6, 6.07) is 14.3. The molecule has 0 bridgehead atoms. The highest BCUT2D eigenvalue weighted by Crippen LogP contribution is 2.12. The summed E-state index contributed by atoms with van der Waals surface area (Å²) in [5.41, 5.74) is 2.38. The second kappa shape index (κ2) is 9.35. The van der Waals surface area contributed by atoms with Gasteiger partial charge in [-0.15, -0.1) is 0 Å². The van der Waals surface area contributed by atoms with Crippen molar-refractivity contribution in [3.63, 3.8) is 0 Å². The van der Waals surface area contributed by atoms with Gasteiger partial charge in [0, 0.05) is 32.4 Å². The van der Waals surface area contributed by atoms with Crippen LogP contribution in [0.3, 0.4) is 0 Å². The Hall–Kier alpha value is -2.17. The highest BCUT2D eigenvalue weighted by atomic mass is 16.5. The van der Waals surface area contributed by atoms with Gasteiger partial charge in [0.15, 0.2) is 0 Å². The Balaban J connectivity index is 1.45. The molecule has 1 saturated heterocycles. The number of benzene rings is 1. The summed E-state index contributed by atoms with van der Waals surface area (Å²) in [4.78, 5) is 9.48. The number of nitrogens with zero attached hydrogens (tertiary/aromatic N) is 3. The standard InChI is InChI=1S/C21H27N3O/c1-25-21-10-8-19(9-11-21)6-4-13-23-14-5-15-24(17-16-23)18-20-7-2-3-12-22-20/h2-4,6-12H,5,13-18H2,1H3/b6-4+. The predicted molar refractivity (Wildman–Crippen MR) is 103 cm³/mol. The molecule has 0 spiro atoms. The van der Waals surface area contributed by atoms with Crippen LogP contribution in [0.4, 0.5) is 0 Å². The van der Waals surface area contributed by atoms with Crippen LogP contribution >= 0.6 is 0 Å². The molecule has 4 heteroatoms.